The summed E-state index contributed by atoms with van der Waals surface area (Å²) in [6.45, 7) is 0.906. The first kappa shape index (κ1) is 33.0. The number of fused-ring (bicyclic) bond motifs is 2. The standard InChI is InChI=1S/C21H19F3N6O4S.C4H10N2O2/c1-30-15-5-2-11(18(32)26-6-7-33-10-17(25)31)8-14(15)27-19(30)29-20-28-13-4-3-12(9-16(13)35-20)34-21(22,23)24;5-1-2-8-3-4(6)7/h2-5,8-9H,6-7,10H2,1H3,(H2,25,31)(H,26,32)(H,27,28,29);1-3,5H2,(H2,6,7). The summed E-state index contributed by atoms with van der Waals surface area (Å²) >= 11 is 1.15. The number of amides is 3. The molecule has 4 aromatic rings. The van der Waals surface area contributed by atoms with Gasteiger partial charge < -0.3 is 46.6 Å². The number of nitrogens with one attached hydrogen (secondary N) is 2. The monoisotopic (exact) mass is 626 g/mol. The van der Waals surface area contributed by atoms with Crippen LogP contribution in [0.15, 0.2) is 36.4 Å². The molecule has 0 aliphatic heterocycles. The molecule has 18 heteroatoms. The van der Waals surface area contributed by atoms with Gasteiger partial charge in [-0.1, -0.05) is 11.3 Å². The van der Waals surface area contributed by atoms with Crippen LogP contribution in [0.25, 0.3) is 21.3 Å². The normalized spacial score (nSPS) is 11.2. The Balaban J connectivity index is 0.000000557. The molecule has 0 saturated heterocycles. The molecule has 3 amide bonds. The average molecular weight is 627 g/mol. The number of imidazole rings is 1. The molecule has 0 spiro atoms. The summed E-state index contributed by atoms with van der Waals surface area (Å²) in [4.78, 5) is 41.8. The number of halogens is 3. The lowest BCUT2D eigenvalue weighted by atomic mass is 10.2. The van der Waals surface area contributed by atoms with Gasteiger partial charge >= 0.3 is 6.36 Å². The number of hydrogen-bond donors (Lipinski definition) is 5. The molecule has 0 saturated carbocycles. The number of nitrogens with two attached hydrogens (primary N) is 3. The molecule has 0 atom stereocenters. The van der Waals surface area contributed by atoms with Crippen LogP contribution in [0.4, 0.5) is 24.3 Å². The SMILES string of the molecule is Cn1c(Nc2nc3ccc(OC(F)(F)F)cc3s2)nc2cc(C(=O)NCCOCC(N)=O)ccc21.NCCOCC(N)=O. The Bertz CT molecular complexity index is 1580. The first-order valence-corrected chi connectivity index (χ1v) is 13.3. The highest BCUT2D eigenvalue weighted by Gasteiger charge is 2.31. The summed E-state index contributed by atoms with van der Waals surface area (Å²) in [5.41, 5.74) is 16.9. The van der Waals surface area contributed by atoms with E-state index in [4.69, 9.17) is 21.9 Å². The van der Waals surface area contributed by atoms with Gasteiger partial charge in [0.05, 0.1) is 34.5 Å². The molecule has 0 bridgehead atoms. The first-order valence-electron chi connectivity index (χ1n) is 12.5. The van der Waals surface area contributed by atoms with Crippen molar-refractivity contribution >= 4 is 61.4 Å². The third kappa shape index (κ3) is 10.4. The zero-order chi connectivity index (χ0) is 31.6. The quantitative estimate of drug-likeness (QED) is 0.135. The smallest absolute Gasteiger partial charge is 0.406 e. The number of benzene rings is 2. The maximum Gasteiger partial charge on any atom is 0.573 e. The number of primary amides is 2. The summed E-state index contributed by atoms with van der Waals surface area (Å²) in [5, 5.41) is 6.17. The number of alkyl halides is 3. The molecule has 0 unspecified atom stereocenters. The second-order valence-corrected chi connectivity index (χ2v) is 9.63. The fourth-order valence-electron chi connectivity index (χ4n) is 3.47. The molecule has 232 valence electrons. The molecule has 2 heterocycles. The molecule has 0 radical (unpaired) electrons. The summed E-state index contributed by atoms with van der Waals surface area (Å²) in [6, 6.07) is 8.92. The highest BCUT2D eigenvalue weighted by Crippen LogP contribution is 2.33. The van der Waals surface area contributed by atoms with Crippen LogP contribution in [0, 0.1) is 0 Å². The topological polar surface area (TPSA) is 212 Å². The maximum absolute atomic E-state index is 12.5. The molecule has 43 heavy (non-hydrogen) atoms. The zero-order valence-electron chi connectivity index (χ0n) is 22.8. The van der Waals surface area contributed by atoms with Crippen molar-refractivity contribution in [3.63, 3.8) is 0 Å². The van der Waals surface area contributed by atoms with Crippen LogP contribution in [0.3, 0.4) is 0 Å². The molecule has 8 N–H and O–H groups in total. The summed E-state index contributed by atoms with van der Waals surface area (Å²) in [6.07, 6.45) is -4.78. The zero-order valence-corrected chi connectivity index (χ0v) is 23.6. The van der Waals surface area contributed by atoms with Crippen molar-refractivity contribution in [2.75, 3.05) is 44.8 Å². The van der Waals surface area contributed by atoms with Crippen molar-refractivity contribution < 1.29 is 41.8 Å². The van der Waals surface area contributed by atoms with E-state index >= 15 is 0 Å². The fraction of sp³-hybridized carbons (Fsp3) is 0.320. The minimum atomic E-state index is -4.78. The van der Waals surface area contributed by atoms with Gasteiger partial charge in [-0.05, 0) is 30.3 Å². The Hall–Kier alpha value is -4.52. The van der Waals surface area contributed by atoms with Gasteiger partial charge in [-0.15, -0.1) is 13.2 Å². The van der Waals surface area contributed by atoms with E-state index in [0.717, 1.165) is 16.9 Å². The van der Waals surface area contributed by atoms with Gasteiger partial charge in [-0.2, -0.15) is 0 Å². The van der Waals surface area contributed by atoms with Gasteiger partial charge in [0.1, 0.15) is 19.0 Å². The van der Waals surface area contributed by atoms with E-state index in [-0.39, 0.29) is 38.0 Å². The summed E-state index contributed by atoms with van der Waals surface area (Å²) in [5.74, 6) is -1.28. The number of aryl methyl sites for hydroxylation is 1. The van der Waals surface area contributed by atoms with Gasteiger partial charge in [0.2, 0.25) is 17.8 Å². The number of thiazole rings is 1. The van der Waals surface area contributed by atoms with Gasteiger partial charge in [-0.3, -0.25) is 14.4 Å². The van der Waals surface area contributed by atoms with Gasteiger partial charge in [-0.25, -0.2) is 9.97 Å². The van der Waals surface area contributed by atoms with E-state index < -0.39 is 18.2 Å². The molecule has 2 aromatic carbocycles. The molecular weight excluding hydrogens is 597 g/mol. The number of hydrogen-bond acceptors (Lipinski definition) is 11. The third-order valence-corrected chi connectivity index (χ3v) is 6.17. The predicted molar refractivity (Wildman–Crippen MR) is 152 cm³/mol. The number of ether oxygens (including phenoxy) is 3. The molecule has 0 fully saturated rings. The maximum atomic E-state index is 12.5. The number of carbonyl (C=O) groups is 3. The Morgan fingerprint density at radius 3 is 2.33 bits per heavy atom. The van der Waals surface area contributed by atoms with Crippen molar-refractivity contribution in [3.05, 3.63) is 42.0 Å². The number of nitrogens with zero attached hydrogens (tertiary/aromatic N) is 3. The number of carbonyl (C=O) groups excluding carboxylic acids is 3. The highest BCUT2D eigenvalue weighted by molar-refractivity contribution is 7.22. The summed E-state index contributed by atoms with van der Waals surface area (Å²) in [7, 11) is 1.77. The van der Waals surface area contributed by atoms with Crippen LogP contribution in [-0.2, 0) is 26.1 Å². The van der Waals surface area contributed by atoms with E-state index in [1.807, 2.05) is 0 Å². The largest absolute Gasteiger partial charge is 0.573 e. The number of anilines is 2. The van der Waals surface area contributed by atoms with E-state index in [9.17, 15) is 27.6 Å². The van der Waals surface area contributed by atoms with Crippen LogP contribution in [0.2, 0.25) is 0 Å². The van der Waals surface area contributed by atoms with E-state index in [0.29, 0.717) is 45.5 Å². The Kier molecular flexibility index (Phi) is 11.6. The molecule has 2 aromatic heterocycles. The van der Waals surface area contributed by atoms with Gasteiger partial charge in [0, 0.05) is 31.8 Å². The van der Waals surface area contributed by atoms with E-state index in [2.05, 4.69) is 30.1 Å². The summed E-state index contributed by atoms with van der Waals surface area (Å²) < 4.78 is 53.3. The Morgan fingerprint density at radius 1 is 0.977 bits per heavy atom. The Morgan fingerprint density at radius 2 is 1.67 bits per heavy atom. The second kappa shape index (κ2) is 15.1. The van der Waals surface area contributed by atoms with Crippen molar-refractivity contribution in [1.82, 2.24) is 19.9 Å². The molecule has 0 aliphatic rings. The first-order chi connectivity index (χ1) is 20.4. The second-order valence-electron chi connectivity index (χ2n) is 8.60. The lowest BCUT2D eigenvalue weighted by molar-refractivity contribution is -0.274. The Labute approximate surface area is 246 Å². The minimum Gasteiger partial charge on any atom is -0.406 e. The van der Waals surface area contributed by atoms with Crippen molar-refractivity contribution in [3.8, 4) is 5.75 Å². The fourth-order valence-corrected chi connectivity index (χ4v) is 4.36. The third-order valence-electron chi connectivity index (χ3n) is 5.24. The lowest BCUT2D eigenvalue weighted by Gasteiger charge is -2.07. The van der Waals surface area contributed by atoms with Crippen molar-refractivity contribution in [2.24, 2.45) is 24.2 Å². The van der Waals surface area contributed by atoms with Crippen LogP contribution in [0.5, 0.6) is 5.75 Å². The lowest BCUT2D eigenvalue weighted by Crippen LogP contribution is -2.28. The van der Waals surface area contributed by atoms with Crippen molar-refractivity contribution in [1.29, 1.82) is 0 Å². The van der Waals surface area contributed by atoms with Gasteiger partial charge in [0.25, 0.3) is 5.91 Å². The molecular formula is C25H29F3N8O6S. The predicted octanol–water partition coefficient (Wildman–Crippen LogP) is 1.50. The van der Waals surface area contributed by atoms with E-state index in [1.54, 1.807) is 29.8 Å². The number of aromatic nitrogens is 3. The molecule has 14 nitrogen and oxygen atoms in total. The van der Waals surface area contributed by atoms with Crippen LogP contribution in [-0.4, -0.2) is 78.1 Å². The van der Waals surface area contributed by atoms with E-state index in [1.165, 1.54) is 18.2 Å². The molecule has 0 aliphatic carbocycles. The van der Waals surface area contributed by atoms with Crippen LogP contribution in [0.1, 0.15) is 10.4 Å². The average Bonchev–Trinajstić information content (AvgIpc) is 3.46. The minimum absolute atomic E-state index is 0.0306. The van der Waals surface area contributed by atoms with Crippen molar-refractivity contribution in [2.45, 2.75) is 6.36 Å². The van der Waals surface area contributed by atoms with Crippen LogP contribution < -0.4 is 32.6 Å². The highest BCUT2D eigenvalue weighted by atomic mass is 32.1. The molecule has 4 rings (SSSR count). The van der Waals surface area contributed by atoms with Gasteiger partial charge in [0.15, 0.2) is 5.13 Å². The number of rotatable bonds is 13. The van der Waals surface area contributed by atoms with Crippen LogP contribution >= 0.6 is 11.3 Å².